The summed E-state index contributed by atoms with van der Waals surface area (Å²) in [7, 11) is 0. The number of rotatable bonds is 5. The molecular formula is C18H16ClF2NO4. The molecule has 0 aromatic heterocycles. The highest BCUT2D eigenvalue weighted by Crippen LogP contribution is 2.38. The van der Waals surface area contributed by atoms with E-state index >= 15 is 0 Å². The molecule has 5 nitrogen and oxygen atoms in total. The first-order valence-corrected chi connectivity index (χ1v) is 8.32. The van der Waals surface area contributed by atoms with Gasteiger partial charge in [0.15, 0.2) is 11.5 Å². The first kappa shape index (κ1) is 18.3. The second kappa shape index (κ2) is 8.23. The van der Waals surface area contributed by atoms with E-state index in [0.717, 1.165) is 6.42 Å². The molecule has 3 rings (SSSR count). The Bertz CT molecular complexity index is 801. The van der Waals surface area contributed by atoms with Crippen molar-refractivity contribution in [3.8, 4) is 17.2 Å². The third kappa shape index (κ3) is 4.35. The van der Waals surface area contributed by atoms with Crippen LogP contribution in [-0.2, 0) is 6.54 Å². The van der Waals surface area contributed by atoms with Crippen molar-refractivity contribution in [3.05, 3.63) is 52.5 Å². The van der Waals surface area contributed by atoms with Crippen LogP contribution in [0.4, 0.5) is 8.78 Å². The summed E-state index contributed by atoms with van der Waals surface area (Å²) < 4.78 is 40.4. The molecule has 0 fully saturated rings. The molecule has 2 aromatic carbocycles. The van der Waals surface area contributed by atoms with Gasteiger partial charge in [-0.15, -0.1) is 0 Å². The van der Waals surface area contributed by atoms with Gasteiger partial charge in [-0.1, -0.05) is 23.7 Å². The summed E-state index contributed by atoms with van der Waals surface area (Å²) in [6.07, 6.45) is 0.748. The molecule has 0 saturated heterocycles. The number of nitrogens with one attached hydrogen (secondary N) is 1. The minimum absolute atomic E-state index is 0.0215. The summed E-state index contributed by atoms with van der Waals surface area (Å²) in [6, 6.07) is 9.19. The fraction of sp³-hybridized carbons (Fsp3) is 0.278. The van der Waals surface area contributed by atoms with E-state index in [2.05, 4.69) is 10.1 Å². The smallest absolute Gasteiger partial charge is 0.387 e. The van der Waals surface area contributed by atoms with Crippen LogP contribution >= 0.6 is 11.6 Å². The van der Waals surface area contributed by atoms with Gasteiger partial charge in [0.1, 0.15) is 5.75 Å². The molecule has 1 N–H and O–H groups in total. The van der Waals surface area contributed by atoms with E-state index in [4.69, 9.17) is 21.1 Å². The van der Waals surface area contributed by atoms with Crippen molar-refractivity contribution in [3.63, 3.8) is 0 Å². The zero-order valence-corrected chi connectivity index (χ0v) is 14.4. The molecule has 0 unspecified atom stereocenters. The molecule has 0 saturated carbocycles. The van der Waals surface area contributed by atoms with Gasteiger partial charge < -0.3 is 19.5 Å². The van der Waals surface area contributed by atoms with E-state index in [1.165, 1.54) is 18.2 Å². The first-order valence-electron chi connectivity index (χ1n) is 7.94. The molecule has 1 aliphatic heterocycles. The Morgan fingerprint density at radius 1 is 1.23 bits per heavy atom. The SMILES string of the molecule is O=C(NCc1cc(Cl)c2c(c1)OCCCO2)c1ccccc1OC(F)F. The Kier molecular flexibility index (Phi) is 5.78. The molecule has 1 amide bonds. The van der Waals surface area contributed by atoms with Crippen LogP contribution in [0, 0.1) is 0 Å². The van der Waals surface area contributed by atoms with Crippen LogP contribution in [0.15, 0.2) is 36.4 Å². The molecular weight excluding hydrogens is 368 g/mol. The maximum atomic E-state index is 12.5. The summed E-state index contributed by atoms with van der Waals surface area (Å²) in [5.74, 6) is 0.275. The molecule has 0 atom stereocenters. The van der Waals surface area contributed by atoms with Crippen LogP contribution in [0.2, 0.25) is 5.02 Å². The van der Waals surface area contributed by atoms with Gasteiger partial charge in [0.2, 0.25) is 0 Å². The highest BCUT2D eigenvalue weighted by molar-refractivity contribution is 6.32. The number of carbonyl (C=O) groups is 1. The number of alkyl halides is 2. The van der Waals surface area contributed by atoms with E-state index in [1.807, 2.05) is 0 Å². The van der Waals surface area contributed by atoms with E-state index in [1.54, 1.807) is 18.2 Å². The second-order valence-corrected chi connectivity index (χ2v) is 5.92. The van der Waals surface area contributed by atoms with E-state index in [0.29, 0.717) is 35.3 Å². The summed E-state index contributed by atoms with van der Waals surface area (Å²) in [4.78, 5) is 12.3. The van der Waals surface area contributed by atoms with Crippen molar-refractivity contribution in [2.75, 3.05) is 13.2 Å². The summed E-state index contributed by atoms with van der Waals surface area (Å²) in [5, 5.41) is 3.04. The number of benzene rings is 2. The largest absolute Gasteiger partial charge is 0.489 e. The van der Waals surface area contributed by atoms with Crippen molar-refractivity contribution in [2.45, 2.75) is 19.6 Å². The van der Waals surface area contributed by atoms with Crippen LogP contribution < -0.4 is 19.5 Å². The first-order chi connectivity index (χ1) is 12.5. The van der Waals surface area contributed by atoms with Crippen molar-refractivity contribution < 1.29 is 27.8 Å². The summed E-state index contributed by atoms with van der Waals surface area (Å²) >= 11 is 6.21. The third-order valence-electron chi connectivity index (χ3n) is 3.66. The van der Waals surface area contributed by atoms with Crippen molar-refractivity contribution in [2.24, 2.45) is 0 Å². The lowest BCUT2D eigenvalue weighted by Gasteiger charge is -2.13. The summed E-state index contributed by atoms with van der Waals surface area (Å²) in [6.45, 7) is -1.84. The predicted molar refractivity (Wildman–Crippen MR) is 91.3 cm³/mol. The van der Waals surface area contributed by atoms with Gasteiger partial charge in [-0.25, -0.2) is 0 Å². The number of amides is 1. The molecule has 0 radical (unpaired) electrons. The topological polar surface area (TPSA) is 56.8 Å². The molecule has 1 aliphatic rings. The molecule has 138 valence electrons. The number of hydrogen-bond donors (Lipinski definition) is 1. The lowest BCUT2D eigenvalue weighted by molar-refractivity contribution is -0.0501. The van der Waals surface area contributed by atoms with E-state index in [-0.39, 0.29) is 17.9 Å². The number of halogens is 3. The number of para-hydroxylation sites is 1. The number of ether oxygens (including phenoxy) is 3. The van der Waals surface area contributed by atoms with Gasteiger partial charge in [-0.05, 0) is 29.8 Å². The number of hydrogen-bond acceptors (Lipinski definition) is 4. The molecule has 1 heterocycles. The lowest BCUT2D eigenvalue weighted by Crippen LogP contribution is -2.24. The third-order valence-corrected chi connectivity index (χ3v) is 3.94. The van der Waals surface area contributed by atoms with Crippen molar-refractivity contribution in [1.82, 2.24) is 5.32 Å². The van der Waals surface area contributed by atoms with E-state index < -0.39 is 12.5 Å². The molecule has 0 aliphatic carbocycles. The maximum Gasteiger partial charge on any atom is 0.387 e. The Labute approximate surface area is 153 Å². The van der Waals surface area contributed by atoms with Gasteiger partial charge in [-0.3, -0.25) is 4.79 Å². The normalized spacial score (nSPS) is 13.2. The average molecular weight is 384 g/mol. The van der Waals surface area contributed by atoms with Crippen LogP contribution in [0.25, 0.3) is 0 Å². The average Bonchev–Trinajstić information content (AvgIpc) is 2.85. The zero-order chi connectivity index (χ0) is 18.5. The van der Waals surface area contributed by atoms with Crippen LogP contribution in [0.5, 0.6) is 17.2 Å². The predicted octanol–water partition coefficient (Wildman–Crippen LogP) is 4.03. The Balaban J connectivity index is 1.72. The minimum atomic E-state index is -3.01. The van der Waals surface area contributed by atoms with Crippen LogP contribution in [0.1, 0.15) is 22.3 Å². The fourth-order valence-corrected chi connectivity index (χ4v) is 2.80. The Morgan fingerprint density at radius 3 is 2.81 bits per heavy atom. The molecule has 0 spiro atoms. The lowest BCUT2D eigenvalue weighted by atomic mass is 10.1. The molecule has 2 aromatic rings. The fourth-order valence-electron chi connectivity index (χ4n) is 2.52. The van der Waals surface area contributed by atoms with Crippen LogP contribution in [-0.4, -0.2) is 25.7 Å². The van der Waals surface area contributed by atoms with Crippen molar-refractivity contribution >= 4 is 17.5 Å². The highest BCUT2D eigenvalue weighted by atomic mass is 35.5. The molecule has 26 heavy (non-hydrogen) atoms. The van der Waals surface area contributed by atoms with Gasteiger partial charge in [-0.2, -0.15) is 8.78 Å². The van der Waals surface area contributed by atoms with Gasteiger partial charge in [0, 0.05) is 13.0 Å². The zero-order valence-electron chi connectivity index (χ0n) is 13.6. The monoisotopic (exact) mass is 383 g/mol. The van der Waals surface area contributed by atoms with E-state index in [9.17, 15) is 13.6 Å². The maximum absolute atomic E-state index is 12.5. The van der Waals surface area contributed by atoms with Crippen LogP contribution in [0.3, 0.4) is 0 Å². The van der Waals surface area contributed by atoms with Gasteiger partial charge >= 0.3 is 6.61 Å². The quantitative estimate of drug-likeness (QED) is 0.846. The second-order valence-electron chi connectivity index (χ2n) is 5.51. The standard InChI is InChI=1S/C18H16ClF2NO4/c19-13-8-11(9-15-16(13)25-7-3-6-24-15)10-22-17(23)12-4-1-2-5-14(12)26-18(20)21/h1-2,4-5,8-9,18H,3,6-7,10H2,(H,22,23). The number of carbonyl (C=O) groups excluding carboxylic acids is 1. The Morgan fingerprint density at radius 2 is 2.00 bits per heavy atom. The molecule has 0 bridgehead atoms. The minimum Gasteiger partial charge on any atom is -0.489 e. The number of fused-ring (bicyclic) bond motifs is 1. The Hall–Kier alpha value is -2.54. The van der Waals surface area contributed by atoms with Crippen molar-refractivity contribution in [1.29, 1.82) is 0 Å². The van der Waals surface area contributed by atoms with Gasteiger partial charge in [0.05, 0.1) is 23.8 Å². The molecule has 8 heteroatoms. The van der Waals surface area contributed by atoms with Gasteiger partial charge in [0.25, 0.3) is 5.91 Å². The summed E-state index contributed by atoms with van der Waals surface area (Å²) in [5.41, 5.74) is 0.716. The highest BCUT2D eigenvalue weighted by Gasteiger charge is 2.18.